The number of carbonyl (C=O) groups is 1. The predicted molar refractivity (Wildman–Crippen MR) is 90.9 cm³/mol. The molecule has 0 unspecified atom stereocenters. The average Bonchev–Trinajstić information content (AvgIpc) is 2.62. The van der Waals surface area contributed by atoms with Gasteiger partial charge in [0.15, 0.2) is 0 Å². The number of amides is 1. The number of carbonyl (C=O) groups excluding carboxylic acids is 1. The third-order valence-electron chi connectivity index (χ3n) is 3.90. The van der Waals surface area contributed by atoms with Gasteiger partial charge in [-0.1, -0.05) is 6.07 Å². The molecule has 0 radical (unpaired) electrons. The maximum Gasteiger partial charge on any atom is 0.273 e. The molecule has 9 heteroatoms. The van der Waals surface area contributed by atoms with Crippen molar-refractivity contribution in [3.05, 3.63) is 51.8 Å². The summed E-state index contributed by atoms with van der Waals surface area (Å²) in [5.74, 6) is 0.572. The molecule has 1 aromatic heterocycles. The maximum atomic E-state index is 12.4. The van der Waals surface area contributed by atoms with Gasteiger partial charge in [0, 0.05) is 36.3 Å². The molecule has 0 saturated carbocycles. The number of nitrogens with zero attached hydrogens (tertiary/aromatic N) is 4. The number of nitro groups is 1. The van der Waals surface area contributed by atoms with E-state index in [0.29, 0.717) is 43.5 Å². The number of nitrogens with one attached hydrogen (secondary N) is 1. The van der Waals surface area contributed by atoms with Crippen molar-refractivity contribution < 1.29 is 14.5 Å². The minimum atomic E-state index is -0.507. The highest BCUT2D eigenvalue weighted by Gasteiger charge is 2.17. The summed E-state index contributed by atoms with van der Waals surface area (Å²) in [6.45, 7) is 4.30. The smallest absolute Gasteiger partial charge is 0.273 e. The van der Waals surface area contributed by atoms with Crippen LogP contribution in [0.2, 0.25) is 0 Å². The van der Waals surface area contributed by atoms with Crippen LogP contribution in [0.25, 0.3) is 0 Å². The van der Waals surface area contributed by atoms with Crippen LogP contribution in [0.15, 0.2) is 30.6 Å². The summed E-state index contributed by atoms with van der Waals surface area (Å²) in [6, 6.07) is 6.02. The van der Waals surface area contributed by atoms with Crippen molar-refractivity contribution in [1.29, 1.82) is 0 Å². The molecule has 1 aromatic carbocycles. The predicted octanol–water partition coefficient (Wildman–Crippen LogP) is 1.78. The lowest BCUT2D eigenvalue weighted by Crippen LogP contribution is -2.36. The summed E-state index contributed by atoms with van der Waals surface area (Å²) in [7, 11) is 0. The Morgan fingerprint density at radius 2 is 2.04 bits per heavy atom. The zero-order chi connectivity index (χ0) is 17.8. The molecule has 2 aromatic rings. The Morgan fingerprint density at radius 1 is 1.28 bits per heavy atom. The van der Waals surface area contributed by atoms with Gasteiger partial charge >= 0.3 is 0 Å². The summed E-state index contributed by atoms with van der Waals surface area (Å²) < 4.78 is 5.30. The van der Waals surface area contributed by atoms with Crippen molar-refractivity contribution in [1.82, 2.24) is 9.97 Å². The highest BCUT2D eigenvalue weighted by Crippen LogP contribution is 2.21. The third-order valence-corrected chi connectivity index (χ3v) is 3.90. The molecule has 1 aliphatic heterocycles. The fraction of sp³-hybridized carbons (Fsp3) is 0.312. The molecule has 0 spiro atoms. The molecule has 1 saturated heterocycles. The number of ether oxygens (including phenoxy) is 1. The van der Waals surface area contributed by atoms with Gasteiger partial charge < -0.3 is 15.0 Å². The molecule has 1 N–H and O–H groups in total. The molecule has 25 heavy (non-hydrogen) atoms. The van der Waals surface area contributed by atoms with Crippen LogP contribution in [0.4, 0.5) is 17.3 Å². The lowest BCUT2D eigenvalue weighted by atomic mass is 10.1. The van der Waals surface area contributed by atoms with Crippen molar-refractivity contribution in [2.75, 3.05) is 36.5 Å². The molecule has 1 fully saturated rings. The van der Waals surface area contributed by atoms with E-state index >= 15 is 0 Å². The van der Waals surface area contributed by atoms with Gasteiger partial charge in [-0.25, -0.2) is 9.97 Å². The summed E-state index contributed by atoms with van der Waals surface area (Å²) >= 11 is 0. The van der Waals surface area contributed by atoms with Crippen molar-refractivity contribution in [2.45, 2.75) is 6.92 Å². The fourth-order valence-corrected chi connectivity index (χ4v) is 2.52. The molecule has 0 aliphatic carbocycles. The van der Waals surface area contributed by atoms with Crippen molar-refractivity contribution in [3.63, 3.8) is 0 Å². The number of nitro benzene ring substituents is 1. The van der Waals surface area contributed by atoms with Crippen LogP contribution < -0.4 is 10.2 Å². The van der Waals surface area contributed by atoms with Gasteiger partial charge in [-0.3, -0.25) is 14.9 Å². The Balaban J connectivity index is 1.77. The van der Waals surface area contributed by atoms with E-state index in [1.807, 2.05) is 4.90 Å². The number of rotatable bonds is 4. The van der Waals surface area contributed by atoms with E-state index in [9.17, 15) is 14.9 Å². The van der Waals surface area contributed by atoms with E-state index in [-0.39, 0.29) is 11.3 Å². The summed E-state index contributed by atoms with van der Waals surface area (Å²) in [4.78, 5) is 33.2. The summed E-state index contributed by atoms with van der Waals surface area (Å²) in [6.07, 6.45) is 1.37. The van der Waals surface area contributed by atoms with Crippen LogP contribution >= 0.6 is 0 Å². The molecule has 3 rings (SSSR count). The molecule has 0 bridgehead atoms. The lowest BCUT2D eigenvalue weighted by molar-refractivity contribution is -0.385. The maximum absolute atomic E-state index is 12.4. The first-order chi connectivity index (χ1) is 12.0. The van der Waals surface area contributed by atoms with Crippen molar-refractivity contribution in [3.8, 4) is 0 Å². The number of aromatic nitrogens is 2. The molecular weight excluding hydrogens is 326 g/mol. The van der Waals surface area contributed by atoms with E-state index in [1.165, 1.54) is 12.4 Å². The third kappa shape index (κ3) is 3.89. The van der Waals surface area contributed by atoms with Gasteiger partial charge in [0.1, 0.15) is 18.0 Å². The Hall–Kier alpha value is -3.07. The summed E-state index contributed by atoms with van der Waals surface area (Å²) in [5, 5.41) is 13.7. The first-order valence-electron chi connectivity index (χ1n) is 7.76. The van der Waals surface area contributed by atoms with E-state index in [1.54, 1.807) is 25.1 Å². The second-order valence-electron chi connectivity index (χ2n) is 5.57. The second kappa shape index (κ2) is 7.22. The Morgan fingerprint density at radius 3 is 2.76 bits per heavy atom. The van der Waals surface area contributed by atoms with E-state index < -0.39 is 10.8 Å². The van der Waals surface area contributed by atoms with Crippen molar-refractivity contribution >= 4 is 23.2 Å². The molecule has 1 amide bonds. The molecule has 130 valence electrons. The minimum absolute atomic E-state index is 0.0932. The zero-order valence-corrected chi connectivity index (χ0v) is 13.6. The SMILES string of the molecule is Cc1ccc(C(=O)Nc2cc(N3CCOCC3)ncn2)cc1[N+](=O)[O-]. The number of benzene rings is 1. The van der Waals surface area contributed by atoms with Crippen LogP contribution in [0.3, 0.4) is 0 Å². The van der Waals surface area contributed by atoms with Gasteiger partial charge in [0.2, 0.25) is 0 Å². The fourth-order valence-electron chi connectivity index (χ4n) is 2.52. The van der Waals surface area contributed by atoms with Gasteiger partial charge in [-0.15, -0.1) is 0 Å². The Kier molecular flexibility index (Phi) is 4.85. The van der Waals surface area contributed by atoms with Gasteiger partial charge in [0.05, 0.1) is 18.1 Å². The highest BCUT2D eigenvalue weighted by molar-refractivity contribution is 6.04. The lowest BCUT2D eigenvalue weighted by Gasteiger charge is -2.27. The molecule has 2 heterocycles. The van der Waals surface area contributed by atoms with Crippen LogP contribution in [-0.4, -0.2) is 47.1 Å². The molecule has 9 nitrogen and oxygen atoms in total. The molecular formula is C16H17N5O4. The van der Waals surface area contributed by atoms with Crippen molar-refractivity contribution in [2.24, 2.45) is 0 Å². The van der Waals surface area contributed by atoms with E-state index in [4.69, 9.17) is 4.74 Å². The minimum Gasteiger partial charge on any atom is -0.378 e. The average molecular weight is 343 g/mol. The monoisotopic (exact) mass is 343 g/mol. The van der Waals surface area contributed by atoms with Gasteiger partial charge in [-0.2, -0.15) is 0 Å². The van der Waals surface area contributed by atoms with Gasteiger partial charge in [-0.05, 0) is 13.0 Å². The summed E-state index contributed by atoms with van der Waals surface area (Å²) in [5.41, 5.74) is 0.603. The number of anilines is 2. The highest BCUT2D eigenvalue weighted by atomic mass is 16.6. The molecule has 1 aliphatic rings. The van der Waals surface area contributed by atoms with Crippen LogP contribution in [0, 0.1) is 17.0 Å². The largest absolute Gasteiger partial charge is 0.378 e. The number of hydrogen-bond donors (Lipinski definition) is 1. The number of aryl methyl sites for hydroxylation is 1. The Bertz CT molecular complexity index is 805. The zero-order valence-electron chi connectivity index (χ0n) is 13.6. The standard InChI is InChI=1S/C16H17N5O4/c1-11-2-3-12(8-13(11)21(23)24)16(22)19-14-9-15(18-10-17-14)20-4-6-25-7-5-20/h2-3,8-10H,4-7H2,1H3,(H,17,18,19,22). The van der Waals surface area contributed by atoms with Crippen LogP contribution in [-0.2, 0) is 4.74 Å². The number of morpholine rings is 1. The first-order valence-corrected chi connectivity index (χ1v) is 7.76. The van der Waals surface area contributed by atoms with E-state index in [2.05, 4.69) is 15.3 Å². The normalized spacial score (nSPS) is 14.2. The quantitative estimate of drug-likeness (QED) is 0.665. The second-order valence-corrected chi connectivity index (χ2v) is 5.57. The van der Waals surface area contributed by atoms with Crippen LogP contribution in [0.5, 0.6) is 0 Å². The van der Waals surface area contributed by atoms with Gasteiger partial charge in [0.25, 0.3) is 11.6 Å². The molecule has 0 atom stereocenters. The Labute approximate surface area is 143 Å². The first kappa shape index (κ1) is 16.8. The van der Waals surface area contributed by atoms with Crippen LogP contribution in [0.1, 0.15) is 15.9 Å². The number of hydrogen-bond acceptors (Lipinski definition) is 7. The topological polar surface area (TPSA) is 110 Å². The van der Waals surface area contributed by atoms with E-state index in [0.717, 1.165) is 0 Å².